The maximum absolute atomic E-state index is 11.8. The lowest BCUT2D eigenvalue weighted by Gasteiger charge is -2.27. The quantitative estimate of drug-likeness (QED) is 0.0559. The maximum atomic E-state index is 11.8. The molecule has 0 aromatic carbocycles. The average molecular weight is 830 g/mol. The van der Waals surface area contributed by atoms with Gasteiger partial charge in [-0.3, -0.25) is 14.8 Å². The Morgan fingerprint density at radius 1 is 0.644 bits per heavy atom. The van der Waals surface area contributed by atoms with E-state index >= 15 is 0 Å². The van der Waals surface area contributed by atoms with Gasteiger partial charge in [-0.2, -0.15) is 9.97 Å². The van der Waals surface area contributed by atoms with Crippen LogP contribution in [0.3, 0.4) is 0 Å². The summed E-state index contributed by atoms with van der Waals surface area (Å²) in [5, 5.41) is 33.5. The standard InChI is InChI=1S/C22H38N4O4.C22H37N3O4/c1-29-19-12-10-18(11-13-19)23-15-20-24-22(30-26-20)17(14-21(27)25-28)9-5-8-16-6-3-2-4-7-16;1-28-19-12-10-18(11-13-19)23-15-20-24-22(29-25-20)17(14-21(26)27)9-5-8-16-6-3-2-4-7-16/h16-19,23,28H,2-15H2,1H3,(H,25,27);16-19,23H,2-15H2,1H3,(H,26,27)/t2*17-,18?,19?/m11/s1. The van der Waals surface area contributed by atoms with Crippen LogP contribution in [0.2, 0.25) is 0 Å². The zero-order valence-corrected chi connectivity index (χ0v) is 36.1. The molecule has 0 aliphatic heterocycles. The molecule has 59 heavy (non-hydrogen) atoms. The van der Waals surface area contributed by atoms with Gasteiger partial charge in [-0.05, 0) is 76.0 Å². The van der Waals surface area contributed by atoms with E-state index in [1.165, 1.54) is 77.0 Å². The number of carboxylic acids is 1. The molecule has 0 spiro atoms. The lowest BCUT2D eigenvalue weighted by atomic mass is 9.84. The molecule has 4 aliphatic carbocycles. The number of carbonyl (C=O) groups is 2. The van der Waals surface area contributed by atoms with E-state index < -0.39 is 11.9 Å². The van der Waals surface area contributed by atoms with Crippen LogP contribution < -0.4 is 16.1 Å². The summed E-state index contributed by atoms with van der Waals surface area (Å²) < 4.78 is 21.8. The first-order valence-corrected chi connectivity index (χ1v) is 23.1. The molecule has 6 rings (SSSR count). The van der Waals surface area contributed by atoms with Gasteiger partial charge in [0.25, 0.3) is 0 Å². The van der Waals surface area contributed by atoms with Gasteiger partial charge in [0.2, 0.25) is 17.7 Å². The number of hydrogen-bond donors (Lipinski definition) is 5. The number of hydroxylamine groups is 1. The van der Waals surface area contributed by atoms with E-state index in [2.05, 4.69) is 30.9 Å². The van der Waals surface area contributed by atoms with Crippen molar-refractivity contribution in [3.8, 4) is 0 Å². The molecule has 4 fully saturated rings. The van der Waals surface area contributed by atoms with Crippen molar-refractivity contribution >= 4 is 11.9 Å². The van der Waals surface area contributed by atoms with Crippen molar-refractivity contribution in [2.24, 2.45) is 11.8 Å². The smallest absolute Gasteiger partial charge is 0.304 e. The Hall–Kier alpha value is -2.98. The number of aliphatic carboxylic acids is 1. The minimum atomic E-state index is -0.805. The van der Waals surface area contributed by atoms with E-state index in [-0.39, 0.29) is 24.7 Å². The molecule has 0 bridgehead atoms. The molecule has 1 amide bonds. The highest BCUT2D eigenvalue weighted by Crippen LogP contribution is 2.33. The summed E-state index contributed by atoms with van der Waals surface area (Å²) in [4.78, 5) is 32.2. The third kappa shape index (κ3) is 17.1. The first-order valence-electron chi connectivity index (χ1n) is 23.1. The Balaban J connectivity index is 0.000000224. The number of rotatable bonds is 22. The fourth-order valence-corrected chi connectivity index (χ4v) is 9.85. The van der Waals surface area contributed by atoms with Crippen LogP contribution in [0.15, 0.2) is 9.05 Å². The summed E-state index contributed by atoms with van der Waals surface area (Å²) >= 11 is 0. The van der Waals surface area contributed by atoms with Gasteiger partial charge in [-0.1, -0.05) is 100 Å². The van der Waals surface area contributed by atoms with E-state index in [9.17, 15) is 14.7 Å². The van der Waals surface area contributed by atoms with Crippen LogP contribution in [-0.4, -0.2) is 81.0 Å². The Labute approximate surface area is 351 Å². The fraction of sp³-hybridized carbons (Fsp3) is 0.864. The average Bonchev–Trinajstić information content (AvgIpc) is 3.96. The number of methoxy groups -OCH3 is 2. The van der Waals surface area contributed by atoms with Gasteiger partial charge in [-0.25, -0.2) is 5.48 Å². The lowest BCUT2D eigenvalue weighted by Crippen LogP contribution is -2.34. The summed E-state index contributed by atoms with van der Waals surface area (Å²) in [5.41, 5.74) is 1.74. The summed E-state index contributed by atoms with van der Waals surface area (Å²) in [6.07, 6.45) is 29.1. The summed E-state index contributed by atoms with van der Waals surface area (Å²) in [7, 11) is 3.56. The Morgan fingerprint density at radius 2 is 1.07 bits per heavy atom. The molecule has 334 valence electrons. The number of ether oxygens (including phenoxy) is 2. The molecule has 0 unspecified atom stereocenters. The molecular weight excluding hydrogens is 755 g/mol. The summed E-state index contributed by atoms with van der Waals surface area (Å²) in [5.74, 6) is 2.29. The summed E-state index contributed by atoms with van der Waals surface area (Å²) in [6.45, 7) is 1.13. The molecule has 2 aromatic rings. The Bertz CT molecular complexity index is 1450. The molecule has 5 N–H and O–H groups in total. The number of carbonyl (C=O) groups excluding carboxylic acids is 1. The zero-order valence-electron chi connectivity index (χ0n) is 36.1. The van der Waals surface area contributed by atoms with Gasteiger partial charge < -0.3 is 34.3 Å². The third-order valence-electron chi connectivity index (χ3n) is 13.5. The van der Waals surface area contributed by atoms with Crippen LogP contribution in [0.1, 0.15) is 202 Å². The molecule has 15 heteroatoms. The second kappa shape index (κ2) is 26.4. The predicted octanol–water partition coefficient (Wildman–Crippen LogP) is 8.27. The van der Waals surface area contributed by atoms with E-state index in [4.69, 9.17) is 23.7 Å². The number of amides is 1. The van der Waals surface area contributed by atoms with Gasteiger partial charge in [-0.15, -0.1) is 0 Å². The molecular formula is C44H75N7O8. The first kappa shape index (κ1) is 47.1. The SMILES string of the molecule is COC1CCC(NCc2noc([C@H](CCCC3CCCCC3)CC(=O)NO)n2)CC1.COC1CCC(NCc2noc([C@H](CCCC3CCCCC3)CC(=O)O)n2)CC1. The second-order valence-electron chi connectivity index (χ2n) is 17.9. The number of aromatic nitrogens is 4. The highest BCUT2D eigenvalue weighted by atomic mass is 16.5. The van der Waals surface area contributed by atoms with Gasteiger partial charge in [0, 0.05) is 44.6 Å². The second-order valence-corrected chi connectivity index (χ2v) is 17.9. The number of carboxylic acid groups (broad SMARTS) is 1. The van der Waals surface area contributed by atoms with Crippen molar-refractivity contribution in [1.29, 1.82) is 0 Å². The van der Waals surface area contributed by atoms with Gasteiger partial charge in [0.1, 0.15) is 0 Å². The van der Waals surface area contributed by atoms with Crippen molar-refractivity contribution in [1.82, 2.24) is 36.4 Å². The van der Waals surface area contributed by atoms with Crippen molar-refractivity contribution in [3.05, 3.63) is 23.4 Å². The monoisotopic (exact) mass is 830 g/mol. The normalized spacial score (nSPS) is 24.2. The maximum Gasteiger partial charge on any atom is 0.304 e. The Kier molecular flexibility index (Phi) is 21.0. The van der Waals surface area contributed by atoms with Gasteiger partial charge >= 0.3 is 5.97 Å². The van der Waals surface area contributed by atoms with Crippen molar-refractivity contribution in [2.45, 2.75) is 216 Å². The topological polar surface area (TPSA) is 207 Å². The first-order chi connectivity index (χ1) is 28.8. The van der Waals surface area contributed by atoms with Crippen LogP contribution in [0.4, 0.5) is 0 Å². The molecule has 0 radical (unpaired) electrons. The number of nitrogens with one attached hydrogen (secondary N) is 3. The van der Waals surface area contributed by atoms with Crippen molar-refractivity contribution in [3.63, 3.8) is 0 Å². The lowest BCUT2D eigenvalue weighted by molar-refractivity contribution is -0.137. The van der Waals surface area contributed by atoms with Crippen LogP contribution >= 0.6 is 0 Å². The molecule has 4 saturated carbocycles. The minimum Gasteiger partial charge on any atom is -0.481 e. The molecule has 15 nitrogen and oxygen atoms in total. The predicted molar refractivity (Wildman–Crippen MR) is 222 cm³/mol. The highest BCUT2D eigenvalue weighted by Gasteiger charge is 2.27. The Morgan fingerprint density at radius 3 is 1.46 bits per heavy atom. The molecule has 2 atom stereocenters. The van der Waals surface area contributed by atoms with Crippen molar-refractivity contribution in [2.75, 3.05) is 14.2 Å². The zero-order chi connectivity index (χ0) is 41.7. The molecule has 0 saturated heterocycles. The third-order valence-corrected chi connectivity index (χ3v) is 13.5. The van der Waals surface area contributed by atoms with Gasteiger partial charge in [0.15, 0.2) is 11.6 Å². The fourth-order valence-electron chi connectivity index (χ4n) is 9.85. The van der Waals surface area contributed by atoms with Crippen molar-refractivity contribution < 1.29 is 38.4 Å². The van der Waals surface area contributed by atoms with E-state index in [1.54, 1.807) is 19.7 Å². The number of nitrogens with zero attached hydrogens (tertiary/aromatic N) is 4. The van der Waals surface area contributed by atoms with Gasteiger partial charge in [0.05, 0.1) is 31.7 Å². The van der Waals surface area contributed by atoms with E-state index in [0.29, 0.717) is 60.8 Å². The molecule has 2 heterocycles. The molecule has 2 aromatic heterocycles. The van der Waals surface area contributed by atoms with E-state index in [0.717, 1.165) is 88.9 Å². The highest BCUT2D eigenvalue weighted by molar-refractivity contribution is 5.75. The van der Waals surface area contributed by atoms with Crippen LogP contribution in [0, 0.1) is 11.8 Å². The molecule has 4 aliphatic rings. The largest absolute Gasteiger partial charge is 0.481 e. The van der Waals surface area contributed by atoms with Crippen LogP contribution in [-0.2, 0) is 32.2 Å². The summed E-state index contributed by atoms with van der Waals surface area (Å²) in [6, 6.07) is 0.901. The number of hydrogen-bond acceptors (Lipinski definition) is 13. The van der Waals surface area contributed by atoms with Crippen LogP contribution in [0.5, 0.6) is 0 Å². The van der Waals surface area contributed by atoms with Crippen LogP contribution in [0.25, 0.3) is 0 Å². The minimum absolute atomic E-state index is 0.0563. The van der Waals surface area contributed by atoms with E-state index in [1.807, 2.05) is 0 Å².